The highest BCUT2D eigenvalue weighted by atomic mass is 32.2. The molecule has 2 atom stereocenters. The van der Waals surface area contributed by atoms with E-state index in [1.54, 1.807) is 37.3 Å². The predicted molar refractivity (Wildman–Crippen MR) is 62.2 cm³/mol. The van der Waals surface area contributed by atoms with Crippen molar-refractivity contribution >= 4 is 15.8 Å². The van der Waals surface area contributed by atoms with Gasteiger partial charge in [-0.1, -0.05) is 18.2 Å². The highest BCUT2D eigenvalue weighted by molar-refractivity contribution is 7.92. The van der Waals surface area contributed by atoms with Crippen molar-refractivity contribution in [2.24, 2.45) is 5.92 Å². The van der Waals surface area contributed by atoms with Crippen molar-refractivity contribution in [1.29, 1.82) is 0 Å². The van der Waals surface area contributed by atoms with E-state index in [1.807, 2.05) is 0 Å². The van der Waals surface area contributed by atoms with E-state index in [0.717, 1.165) is 0 Å². The van der Waals surface area contributed by atoms with Gasteiger partial charge in [0.25, 0.3) is 0 Å². The summed E-state index contributed by atoms with van der Waals surface area (Å²) in [5.41, 5.74) is 0. The molecule has 4 nitrogen and oxygen atoms in total. The lowest BCUT2D eigenvalue weighted by atomic mass is 10.4. The first-order valence-corrected chi connectivity index (χ1v) is 7.07. The normalized spacial score (nSPS) is 23.1. The van der Waals surface area contributed by atoms with Gasteiger partial charge in [0.05, 0.1) is 22.7 Å². The van der Waals surface area contributed by atoms with E-state index >= 15 is 0 Å². The van der Waals surface area contributed by atoms with Crippen LogP contribution in [0.4, 0.5) is 0 Å². The third-order valence-corrected chi connectivity index (χ3v) is 5.04. The smallest absolute Gasteiger partial charge is 0.310 e. The average Bonchev–Trinajstić information content (AvgIpc) is 3.11. The Bertz CT molecular complexity index is 507. The van der Waals surface area contributed by atoms with Gasteiger partial charge in [-0.15, -0.1) is 0 Å². The van der Waals surface area contributed by atoms with Crippen LogP contribution in [0.2, 0.25) is 0 Å². The molecule has 0 aromatic heterocycles. The van der Waals surface area contributed by atoms with E-state index < -0.39 is 27.0 Å². The number of esters is 1. The lowest BCUT2D eigenvalue weighted by Gasteiger charge is -2.03. The molecule has 1 aliphatic carbocycles. The summed E-state index contributed by atoms with van der Waals surface area (Å²) in [6.45, 7) is 1.99. The van der Waals surface area contributed by atoms with Crippen LogP contribution < -0.4 is 0 Å². The summed E-state index contributed by atoms with van der Waals surface area (Å²) < 4.78 is 29.0. The molecule has 0 aliphatic heterocycles. The SMILES string of the molecule is CCOC(=O)[C@@H]1C[C@@H]1S(=O)(=O)c1ccccc1. The molecule has 17 heavy (non-hydrogen) atoms. The van der Waals surface area contributed by atoms with Gasteiger partial charge in [0.2, 0.25) is 0 Å². The molecule has 1 aromatic rings. The molecule has 0 saturated heterocycles. The number of ether oxygens (including phenoxy) is 1. The van der Waals surface area contributed by atoms with Gasteiger partial charge in [-0.3, -0.25) is 4.79 Å². The maximum atomic E-state index is 12.1. The van der Waals surface area contributed by atoms with Crippen molar-refractivity contribution in [1.82, 2.24) is 0 Å². The van der Waals surface area contributed by atoms with E-state index in [4.69, 9.17) is 4.74 Å². The predicted octanol–water partition coefficient (Wildman–Crippen LogP) is 1.41. The minimum Gasteiger partial charge on any atom is -0.466 e. The van der Waals surface area contributed by atoms with Crippen LogP contribution in [0.15, 0.2) is 35.2 Å². The van der Waals surface area contributed by atoms with Crippen molar-refractivity contribution in [3.05, 3.63) is 30.3 Å². The number of hydrogen-bond donors (Lipinski definition) is 0. The summed E-state index contributed by atoms with van der Waals surface area (Å²) in [5.74, 6) is -0.892. The number of sulfone groups is 1. The van der Waals surface area contributed by atoms with Gasteiger partial charge in [0.1, 0.15) is 0 Å². The van der Waals surface area contributed by atoms with Gasteiger partial charge >= 0.3 is 5.97 Å². The zero-order chi connectivity index (χ0) is 12.5. The summed E-state index contributed by atoms with van der Waals surface area (Å²) in [7, 11) is -3.38. The second-order valence-corrected chi connectivity index (χ2v) is 6.16. The lowest BCUT2D eigenvalue weighted by molar-refractivity contribution is -0.144. The molecular formula is C12H14O4S. The lowest BCUT2D eigenvalue weighted by Crippen LogP contribution is -2.15. The van der Waals surface area contributed by atoms with Crippen LogP contribution in [0.5, 0.6) is 0 Å². The number of carbonyl (C=O) groups excluding carboxylic acids is 1. The Morgan fingerprint density at radius 2 is 2.00 bits per heavy atom. The van der Waals surface area contributed by atoms with Gasteiger partial charge in [0, 0.05) is 0 Å². The summed E-state index contributed by atoms with van der Waals surface area (Å²) in [5, 5.41) is -0.607. The molecule has 1 fully saturated rings. The van der Waals surface area contributed by atoms with Crippen LogP contribution in [-0.2, 0) is 19.4 Å². The fourth-order valence-corrected chi connectivity index (χ4v) is 3.69. The van der Waals surface area contributed by atoms with Crippen molar-refractivity contribution in [2.45, 2.75) is 23.5 Å². The topological polar surface area (TPSA) is 60.4 Å². The minimum absolute atomic E-state index is 0.275. The van der Waals surface area contributed by atoms with Crippen molar-refractivity contribution in [3.63, 3.8) is 0 Å². The Kier molecular flexibility index (Phi) is 3.19. The quantitative estimate of drug-likeness (QED) is 0.762. The molecular weight excluding hydrogens is 240 g/mol. The van der Waals surface area contributed by atoms with Crippen LogP contribution >= 0.6 is 0 Å². The van der Waals surface area contributed by atoms with Gasteiger partial charge in [-0.2, -0.15) is 0 Å². The number of benzene rings is 1. The van der Waals surface area contributed by atoms with E-state index in [9.17, 15) is 13.2 Å². The van der Waals surface area contributed by atoms with Crippen LogP contribution in [0.1, 0.15) is 13.3 Å². The molecule has 0 N–H and O–H groups in total. The first kappa shape index (κ1) is 12.1. The molecule has 0 heterocycles. The monoisotopic (exact) mass is 254 g/mol. The van der Waals surface area contributed by atoms with Gasteiger partial charge in [-0.05, 0) is 25.5 Å². The van der Waals surface area contributed by atoms with Crippen LogP contribution in [0.3, 0.4) is 0 Å². The molecule has 5 heteroatoms. The Hall–Kier alpha value is -1.36. The number of hydrogen-bond acceptors (Lipinski definition) is 4. The molecule has 0 radical (unpaired) electrons. The molecule has 1 saturated carbocycles. The third kappa shape index (κ3) is 2.34. The van der Waals surface area contributed by atoms with E-state index in [0.29, 0.717) is 6.42 Å². The third-order valence-electron chi connectivity index (χ3n) is 2.79. The van der Waals surface area contributed by atoms with Crippen LogP contribution in [0, 0.1) is 5.92 Å². The summed E-state index contributed by atoms with van der Waals surface area (Å²) in [6, 6.07) is 8.21. The molecule has 2 rings (SSSR count). The highest BCUT2D eigenvalue weighted by Gasteiger charge is 2.53. The number of carbonyl (C=O) groups is 1. The van der Waals surface area contributed by atoms with E-state index in [-0.39, 0.29) is 11.5 Å². The summed E-state index contributed by atoms with van der Waals surface area (Å²) >= 11 is 0. The van der Waals surface area contributed by atoms with Crippen LogP contribution in [-0.4, -0.2) is 26.2 Å². The Balaban J connectivity index is 2.13. The molecule has 0 unspecified atom stereocenters. The second kappa shape index (κ2) is 4.49. The average molecular weight is 254 g/mol. The summed E-state index contributed by atoms with van der Waals surface area (Å²) in [6.07, 6.45) is 0.371. The molecule has 0 amide bonds. The van der Waals surface area contributed by atoms with Gasteiger partial charge in [0.15, 0.2) is 9.84 Å². The standard InChI is InChI=1S/C12H14O4S/c1-2-16-12(13)10-8-11(10)17(14,15)9-6-4-3-5-7-9/h3-7,10-11H,2,8H2,1H3/t10-,11+/m1/s1. The largest absolute Gasteiger partial charge is 0.466 e. The first-order valence-electron chi connectivity index (χ1n) is 5.53. The molecule has 92 valence electrons. The maximum Gasteiger partial charge on any atom is 0.310 e. The second-order valence-electron chi connectivity index (χ2n) is 3.99. The Morgan fingerprint density at radius 3 is 2.59 bits per heavy atom. The van der Waals surface area contributed by atoms with E-state index in [2.05, 4.69) is 0 Å². The maximum absolute atomic E-state index is 12.1. The van der Waals surface area contributed by atoms with Crippen molar-refractivity contribution in [2.75, 3.05) is 6.61 Å². The number of rotatable bonds is 4. The highest BCUT2D eigenvalue weighted by Crippen LogP contribution is 2.41. The molecule has 1 aromatic carbocycles. The molecule has 1 aliphatic rings. The zero-order valence-electron chi connectivity index (χ0n) is 9.50. The van der Waals surface area contributed by atoms with Crippen LogP contribution in [0.25, 0.3) is 0 Å². The Labute approximate surface area is 101 Å². The fourth-order valence-electron chi connectivity index (χ4n) is 1.80. The van der Waals surface area contributed by atoms with Gasteiger partial charge in [-0.25, -0.2) is 8.42 Å². The van der Waals surface area contributed by atoms with Crippen molar-refractivity contribution in [3.8, 4) is 0 Å². The minimum atomic E-state index is -3.38. The summed E-state index contributed by atoms with van der Waals surface area (Å²) in [4.78, 5) is 11.7. The Morgan fingerprint density at radius 1 is 1.35 bits per heavy atom. The van der Waals surface area contributed by atoms with E-state index in [1.165, 1.54) is 0 Å². The fraction of sp³-hybridized carbons (Fsp3) is 0.417. The molecule has 0 bridgehead atoms. The van der Waals surface area contributed by atoms with Gasteiger partial charge < -0.3 is 4.74 Å². The van der Waals surface area contributed by atoms with Crippen molar-refractivity contribution < 1.29 is 17.9 Å². The zero-order valence-corrected chi connectivity index (χ0v) is 10.3. The molecule has 0 spiro atoms. The first-order chi connectivity index (χ1) is 8.07.